The molecule has 0 atom stereocenters. The van der Waals surface area contributed by atoms with Gasteiger partial charge in [-0.15, -0.1) is 0 Å². The average Bonchev–Trinajstić information content (AvgIpc) is 2.59. The van der Waals surface area contributed by atoms with Gasteiger partial charge in [-0.3, -0.25) is 4.79 Å². The van der Waals surface area contributed by atoms with Gasteiger partial charge in [0, 0.05) is 16.1 Å². The van der Waals surface area contributed by atoms with Gasteiger partial charge in [-0.05, 0) is 35.9 Å². The second-order valence-corrected chi connectivity index (χ2v) is 5.49. The lowest BCUT2D eigenvalue weighted by Gasteiger charge is -2.16. The van der Waals surface area contributed by atoms with Crippen LogP contribution in [0.3, 0.4) is 0 Å². The lowest BCUT2D eigenvalue weighted by molar-refractivity contribution is 0.103. The first-order chi connectivity index (χ1) is 11.2. The number of rotatable bonds is 3. The van der Waals surface area contributed by atoms with Crippen LogP contribution in [0.1, 0.15) is 15.9 Å². The number of hydrogen-bond donors (Lipinski definition) is 0. The molecule has 3 rings (SSSR count). The Bertz CT molecular complexity index is 861. The van der Waals surface area contributed by atoms with E-state index < -0.39 is 0 Å². The van der Waals surface area contributed by atoms with Crippen LogP contribution >= 0.6 is 11.6 Å². The summed E-state index contributed by atoms with van der Waals surface area (Å²) < 4.78 is 5.63. The molecule has 2 aromatic carbocycles. The Kier molecular flexibility index (Phi) is 4.27. The van der Waals surface area contributed by atoms with E-state index in [-0.39, 0.29) is 11.4 Å². The molecule has 0 aromatic heterocycles. The van der Waals surface area contributed by atoms with E-state index in [1.165, 1.54) is 0 Å². The molecule has 0 radical (unpaired) electrons. The highest BCUT2D eigenvalue weighted by atomic mass is 35.5. The van der Waals surface area contributed by atoms with E-state index in [0.717, 1.165) is 16.9 Å². The van der Waals surface area contributed by atoms with Gasteiger partial charge in [-0.2, -0.15) is 5.26 Å². The molecular weight excluding hydrogens is 310 g/mol. The zero-order valence-electron chi connectivity index (χ0n) is 12.1. The van der Waals surface area contributed by atoms with Crippen molar-refractivity contribution in [2.45, 2.75) is 0 Å². The van der Waals surface area contributed by atoms with E-state index in [1.54, 1.807) is 48.5 Å². The van der Waals surface area contributed by atoms with Crippen LogP contribution in [-0.2, 0) is 0 Å². The van der Waals surface area contributed by atoms with Gasteiger partial charge < -0.3 is 4.74 Å². The standard InChI is InChI=1S/C19H12ClNO2/c20-17-6-7-18-15(10-17)8-13(12-23-18)9-16(11-21)19(22)14-4-2-1-3-5-14/h1-10H,12H2/b16-9+. The fourth-order valence-electron chi connectivity index (χ4n) is 2.33. The number of benzene rings is 2. The Labute approximate surface area is 139 Å². The molecule has 3 nitrogen and oxygen atoms in total. The first-order valence-corrected chi connectivity index (χ1v) is 7.39. The number of ether oxygens (including phenoxy) is 1. The van der Waals surface area contributed by atoms with Gasteiger partial charge in [0.1, 0.15) is 24.0 Å². The van der Waals surface area contributed by atoms with Crippen molar-refractivity contribution in [1.29, 1.82) is 5.26 Å². The van der Waals surface area contributed by atoms with Gasteiger partial charge >= 0.3 is 0 Å². The summed E-state index contributed by atoms with van der Waals surface area (Å²) in [6.45, 7) is 0.307. The number of fused-ring (bicyclic) bond motifs is 1. The van der Waals surface area contributed by atoms with Crippen molar-refractivity contribution in [2.24, 2.45) is 0 Å². The molecule has 0 N–H and O–H groups in total. The SMILES string of the molecule is N#C/C(=C\C1=Cc2cc(Cl)ccc2OC1)C(=O)c1ccccc1. The third kappa shape index (κ3) is 3.33. The summed E-state index contributed by atoms with van der Waals surface area (Å²) in [5.74, 6) is 0.435. The van der Waals surface area contributed by atoms with Gasteiger partial charge in [-0.25, -0.2) is 0 Å². The first-order valence-electron chi connectivity index (χ1n) is 7.02. The molecule has 0 aliphatic carbocycles. The average molecular weight is 322 g/mol. The van der Waals surface area contributed by atoms with Gasteiger partial charge in [-0.1, -0.05) is 41.9 Å². The molecule has 0 fully saturated rings. The number of carbonyl (C=O) groups excluding carboxylic acids is 1. The Morgan fingerprint density at radius 3 is 2.74 bits per heavy atom. The third-order valence-corrected chi connectivity index (χ3v) is 3.67. The van der Waals surface area contributed by atoms with Crippen molar-refractivity contribution in [3.8, 4) is 11.8 Å². The van der Waals surface area contributed by atoms with Gasteiger partial charge in [0.15, 0.2) is 0 Å². The lowest BCUT2D eigenvalue weighted by atomic mass is 10.0. The Morgan fingerprint density at radius 1 is 1.22 bits per heavy atom. The molecule has 4 heteroatoms. The predicted molar refractivity (Wildman–Crippen MR) is 89.4 cm³/mol. The summed E-state index contributed by atoms with van der Waals surface area (Å²) >= 11 is 5.98. The van der Waals surface area contributed by atoms with Crippen molar-refractivity contribution in [3.05, 3.63) is 81.9 Å². The third-order valence-electron chi connectivity index (χ3n) is 3.44. The van der Waals surface area contributed by atoms with Gasteiger partial charge in [0.25, 0.3) is 0 Å². The molecule has 0 amide bonds. The van der Waals surface area contributed by atoms with Crippen LogP contribution in [0.2, 0.25) is 5.02 Å². The number of Topliss-reactive ketones (excluding diaryl/α,β-unsaturated/α-hetero) is 1. The van der Waals surface area contributed by atoms with Crippen molar-refractivity contribution >= 4 is 23.5 Å². The normalized spacial score (nSPS) is 13.4. The molecule has 112 valence electrons. The minimum absolute atomic E-state index is 0.0801. The zero-order chi connectivity index (χ0) is 16.2. The van der Waals surface area contributed by atoms with Crippen LogP contribution in [0, 0.1) is 11.3 Å². The number of hydrogen-bond acceptors (Lipinski definition) is 3. The van der Waals surface area contributed by atoms with Crippen LogP contribution in [0.4, 0.5) is 0 Å². The number of carbonyl (C=O) groups is 1. The van der Waals surface area contributed by atoms with Crippen LogP contribution < -0.4 is 4.74 Å². The minimum Gasteiger partial charge on any atom is -0.488 e. The number of allylic oxidation sites excluding steroid dienone is 1. The quantitative estimate of drug-likeness (QED) is 0.477. The molecule has 0 saturated carbocycles. The smallest absolute Gasteiger partial charge is 0.203 e. The van der Waals surface area contributed by atoms with Crippen LogP contribution in [0.15, 0.2) is 65.8 Å². The number of nitriles is 1. The highest BCUT2D eigenvalue weighted by molar-refractivity contribution is 6.30. The molecule has 0 spiro atoms. The molecule has 0 saturated heterocycles. The first kappa shape index (κ1) is 15.1. The molecular formula is C19H12ClNO2. The highest BCUT2D eigenvalue weighted by Gasteiger charge is 2.15. The van der Waals surface area contributed by atoms with Crippen LogP contribution in [-0.4, -0.2) is 12.4 Å². The fourth-order valence-corrected chi connectivity index (χ4v) is 2.51. The number of ketones is 1. The van der Waals surface area contributed by atoms with Gasteiger partial charge in [0.2, 0.25) is 5.78 Å². The second kappa shape index (κ2) is 6.51. The highest BCUT2D eigenvalue weighted by Crippen LogP contribution is 2.29. The Hall–Kier alpha value is -2.83. The van der Waals surface area contributed by atoms with E-state index in [1.807, 2.05) is 18.2 Å². The largest absolute Gasteiger partial charge is 0.488 e. The van der Waals surface area contributed by atoms with Gasteiger partial charge in [0.05, 0.1) is 0 Å². The predicted octanol–water partition coefficient (Wildman–Crippen LogP) is 4.45. The minimum atomic E-state index is -0.300. The summed E-state index contributed by atoms with van der Waals surface area (Å²) in [6, 6.07) is 16.1. The molecule has 1 aliphatic heterocycles. The van der Waals surface area contributed by atoms with Crippen molar-refractivity contribution in [1.82, 2.24) is 0 Å². The van der Waals surface area contributed by atoms with Crippen molar-refractivity contribution < 1.29 is 9.53 Å². The monoisotopic (exact) mass is 321 g/mol. The van der Waals surface area contributed by atoms with Crippen molar-refractivity contribution in [3.63, 3.8) is 0 Å². The summed E-state index contributed by atoms with van der Waals surface area (Å²) in [5.41, 5.74) is 2.15. The Morgan fingerprint density at radius 2 is 2.00 bits per heavy atom. The summed E-state index contributed by atoms with van der Waals surface area (Å²) in [4.78, 5) is 12.4. The molecule has 0 bridgehead atoms. The molecule has 1 heterocycles. The summed E-state index contributed by atoms with van der Waals surface area (Å²) in [7, 11) is 0. The Balaban J connectivity index is 1.94. The van der Waals surface area contributed by atoms with Crippen LogP contribution in [0.5, 0.6) is 5.75 Å². The molecule has 23 heavy (non-hydrogen) atoms. The van der Waals surface area contributed by atoms with Crippen molar-refractivity contribution in [2.75, 3.05) is 6.61 Å². The van der Waals surface area contributed by atoms with Crippen LogP contribution in [0.25, 0.3) is 6.08 Å². The van der Waals surface area contributed by atoms with E-state index in [2.05, 4.69) is 0 Å². The summed E-state index contributed by atoms with van der Waals surface area (Å²) in [5, 5.41) is 9.91. The van der Waals surface area contributed by atoms with E-state index in [0.29, 0.717) is 17.2 Å². The maximum absolute atomic E-state index is 12.4. The lowest BCUT2D eigenvalue weighted by Crippen LogP contribution is -2.08. The summed E-state index contributed by atoms with van der Waals surface area (Å²) in [6.07, 6.45) is 3.44. The van der Waals surface area contributed by atoms with E-state index >= 15 is 0 Å². The molecule has 2 aromatic rings. The second-order valence-electron chi connectivity index (χ2n) is 5.06. The molecule has 1 aliphatic rings. The zero-order valence-corrected chi connectivity index (χ0v) is 12.9. The number of halogens is 1. The maximum Gasteiger partial charge on any atom is 0.203 e. The fraction of sp³-hybridized carbons (Fsp3) is 0.0526. The van der Waals surface area contributed by atoms with E-state index in [9.17, 15) is 10.1 Å². The molecule has 0 unspecified atom stereocenters. The maximum atomic E-state index is 12.4. The number of nitrogens with zero attached hydrogens (tertiary/aromatic N) is 1. The van der Waals surface area contributed by atoms with E-state index in [4.69, 9.17) is 16.3 Å². The topological polar surface area (TPSA) is 50.1 Å².